The molecule has 1 N–H and O–H groups in total. The molecule has 4 nitrogen and oxygen atoms in total. The van der Waals surface area contributed by atoms with Crippen LogP contribution in [0.25, 0.3) is 0 Å². The molecule has 1 heterocycles. The number of rotatable bonds is 2. The molecule has 1 saturated heterocycles. The van der Waals surface area contributed by atoms with Crippen molar-refractivity contribution in [1.29, 1.82) is 0 Å². The van der Waals surface area contributed by atoms with Gasteiger partial charge in [-0.1, -0.05) is 20.8 Å². The Kier molecular flexibility index (Phi) is 3.79. The van der Waals surface area contributed by atoms with Crippen molar-refractivity contribution in [1.82, 2.24) is 5.32 Å². The van der Waals surface area contributed by atoms with Crippen LogP contribution in [0.5, 0.6) is 0 Å². The normalized spacial score (nSPS) is 20.0. The van der Waals surface area contributed by atoms with Crippen LogP contribution in [-0.2, 0) is 4.79 Å². The van der Waals surface area contributed by atoms with Gasteiger partial charge >= 0.3 is 6.03 Å². The van der Waals surface area contributed by atoms with Crippen molar-refractivity contribution in [3.05, 3.63) is 30.1 Å². The minimum atomic E-state index is -0.442. The SMILES string of the molecule is CC(C)(C)CC1CC(=O)N(c2ccc(F)cc2)C(=O)N1. The van der Waals surface area contributed by atoms with Crippen LogP contribution in [-0.4, -0.2) is 18.0 Å². The number of hydrogen-bond donors (Lipinski definition) is 1. The first kappa shape index (κ1) is 14.5. The van der Waals surface area contributed by atoms with Crippen LogP contribution in [0, 0.1) is 11.2 Å². The van der Waals surface area contributed by atoms with Crippen molar-refractivity contribution in [3.8, 4) is 0 Å². The Morgan fingerprint density at radius 2 is 1.85 bits per heavy atom. The quantitative estimate of drug-likeness (QED) is 0.903. The molecule has 0 saturated carbocycles. The predicted octanol–water partition coefficient (Wildman–Crippen LogP) is 3.08. The fraction of sp³-hybridized carbons (Fsp3) is 0.467. The van der Waals surface area contributed by atoms with E-state index in [1.807, 2.05) is 0 Å². The van der Waals surface area contributed by atoms with E-state index >= 15 is 0 Å². The molecule has 2 rings (SSSR count). The van der Waals surface area contributed by atoms with Crippen molar-refractivity contribution in [2.24, 2.45) is 5.41 Å². The Hall–Kier alpha value is -1.91. The van der Waals surface area contributed by atoms with Crippen LogP contribution in [0.15, 0.2) is 24.3 Å². The van der Waals surface area contributed by atoms with E-state index in [1.54, 1.807) is 0 Å². The summed E-state index contributed by atoms with van der Waals surface area (Å²) in [5.41, 5.74) is 0.430. The number of anilines is 1. The molecule has 20 heavy (non-hydrogen) atoms. The van der Waals surface area contributed by atoms with E-state index in [0.29, 0.717) is 5.69 Å². The molecule has 0 spiro atoms. The van der Waals surface area contributed by atoms with E-state index in [-0.39, 0.29) is 23.8 Å². The average molecular weight is 278 g/mol. The molecule has 108 valence electrons. The minimum absolute atomic E-state index is 0.0380. The second kappa shape index (κ2) is 5.23. The highest BCUT2D eigenvalue weighted by atomic mass is 19.1. The molecular formula is C15H19FN2O2. The average Bonchev–Trinajstić information content (AvgIpc) is 2.28. The van der Waals surface area contributed by atoms with Crippen LogP contribution in [0.4, 0.5) is 14.9 Å². The maximum atomic E-state index is 12.9. The zero-order valence-corrected chi connectivity index (χ0v) is 11.9. The second-order valence-corrected chi connectivity index (χ2v) is 6.32. The molecule has 1 atom stereocenters. The van der Waals surface area contributed by atoms with E-state index in [2.05, 4.69) is 26.1 Å². The molecule has 1 aromatic rings. The number of benzene rings is 1. The van der Waals surface area contributed by atoms with Gasteiger partial charge in [0, 0.05) is 12.5 Å². The molecule has 1 aromatic carbocycles. The Balaban J connectivity index is 2.13. The molecule has 0 bridgehead atoms. The Morgan fingerprint density at radius 1 is 1.25 bits per heavy atom. The Morgan fingerprint density at radius 3 is 2.35 bits per heavy atom. The van der Waals surface area contributed by atoms with Crippen molar-refractivity contribution in [2.75, 3.05) is 4.90 Å². The van der Waals surface area contributed by atoms with Crippen molar-refractivity contribution < 1.29 is 14.0 Å². The molecule has 0 aliphatic carbocycles. The Bertz CT molecular complexity index is 502. The van der Waals surface area contributed by atoms with E-state index in [4.69, 9.17) is 0 Å². The van der Waals surface area contributed by atoms with Gasteiger partial charge in [0.15, 0.2) is 0 Å². The maximum absolute atomic E-state index is 12.9. The van der Waals surface area contributed by atoms with Gasteiger partial charge in [0.1, 0.15) is 5.82 Å². The number of nitrogens with zero attached hydrogens (tertiary/aromatic N) is 1. The third-order valence-corrected chi connectivity index (χ3v) is 3.14. The fourth-order valence-electron chi connectivity index (χ4n) is 2.42. The first-order valence-electron chi connectivity index (χ1n) is 6.65. The number of carbonyl (C=O) groups is 2. The molecule has 1 unspecified atom stereocenters. The number of amides is 3. The lowest BCUT2D eigenvalue weighted by molar-refractivity contribution is -0.119. The lowest BCUT2D eigenvalue weighted by Crippen LogP contribution is -2.55. The van der Waals surface area contributed by atoms with Gasteiger partial charge < -0.3 is 5.32 Å². The predicted molar refractivity (Wildman–Crippen MR) is 74.9 cm³/mol. The lowest BCUT2D eigenvalue weighted by atomic mass is 9.86. The van der Waals surface area contributed by atoms with Gasteiger partial charge in [-0.2, -0.15) is 0 Å². The number of carbonyl (C=O) groups excluding carboxylic acids is 2. The Labute approximate surface area is 118 Å². The van der Waals surface area contributed by atoms with E-state index in [1.165, 1.54) is 24.3 Å². The number of nitrogens with one attached hydrogen (secondary N) is 1. The second-order valence-electron chi connectivity index (χ2n) is 6.32. The van der Waals surface area contributed by atoms with Crippen molar-refractivity contribution in [2.45, 2.75) is 39.7 Å². The molecule has 3 amide bonds. The summed E-state index contributed by atoms with van der Waals surface area (Å²) in [6.07, 6.45) is 1.00. The number of imide groups is 1. The zero-order valence-electron chi connectivity index (χ0n) is 11.9. The standard InChI is InChI=1S/C15H19FN2O2/c1-15(2,3)9-11-8-13(19)18(14(20)17-11)12-6-4-10(16)5-7-12/h4-7,11H,8-9H2,1-3H3,(H,17,20). The van der Waals surface area contributed by atoms with Crippen LogP contribution < -0.4 is 10.2 Å². The monoisotopic (exact) mass is 278 g/mol. The van der Waals surface area contributed by atoms with Gasteiger partial charge in [0.25, 0.3) is 0 Å². The highest BCUT2D eigenvalue weighted by molar-refractivity contribution is 6.16. The van der Waals surface area contributed by atoms with E-state index in [0.717, 1.165) is 11.3 Å². The lowest BCUT2D eigenvalue weighted by Gasteiger charge is -2.34. The van der Waals surface area contributed by atoms with Gasteiger partial charge in [-0.3, -0.25) is 4.79 Å². The maximum Gasteiger partial charge on any atom is 0.328 e. The van der Waals surface area contributed by atoms with Crippen molar-refractivity contribution in [3.63, 3.8) is 0 Å². The number of hydrogen-bond acceptors (Lipinski definition) is 2. The highest BCUT2D eigenvalue weighted by Gasteiger charge is 2.34. The molecule has 0 radical (unpaired) electrons. The van der Waals surface area contributed by atoms with Gasteiger partial charge in [-0.05, 0) is 36.1 Å². The first-order chi connectivity index (χ1) is 9.26. The number of halogens is 1. The van der Waals surface area contributed by atoms with E-state index < -0.39 is 11.8 Å². The highest BCUT2D eigenvalue weighted by Crippen LogP contribution is 2.26. The molecule has 1 aliphatic heterocycles. The summed E-state index contributed by atoms with van der Waals surface area (Å²) < 4.78 is 12.9. The molecule has 0 aromatic heterocycles. The summed E-state index contributed by atoms with van der Waals surface area (Å²) in [6.45, 7) is 6.20. The van der Waals surface area contributed by atoms with Gasteiger partial charge in [0.2, 0.25) is 5.91 Å². The summed E-state index contributed by atoms with van der Waals surface area (Å²) in [7, 11) is 0. The fourth-order valence-corrected chi connectivity index (χ4v) is 2.42. The molecule has 5 heteroatoms. The zero-order chi connectivity index (χ0) is 14.9. The molecule has 1 fully saturated rings. The van der Waals surface area contributed by atoms with Crippen LogP contribution in [0.1, 0.15) is 33.6 Å². The smallest absolute Gasteiger partial charge is 0.328 e. The van der Waals surface area contributed by atoms with Gasteiger partial charge in [-0.25, -0.2) is 14.1 Å². The summed E-state index contributed by atoms with van der Waals surface area (Å²) >= 11 is 0. The van der Waals surface area contributed by atoms with Crippen molar-refractivity contribution >= 4 is 17.6 Å². The van der Waals surface area contributed by atoms with Gasteiger partial charge in [0.05, 0.1) is 5.69 Å². The van der Waals surface area contributed by atoms with E-state index in [9.17, 15) is 14.0 Å². The summed E-state index contributed by atoms with van der Waals surface area (Å²) in [4.78, 5) is 25.3. The molecule has 1 aliphatic rings. The van der Waals surface area contributed by atoms with Crippen LogP contribution in [0.3, 0.4) is 0 Å². The van der Waals surface area contributed by atoms with Crippen LogP contribution in [0.2, 0.25) is 0 Å². The van der Waals surface area contributed by atoms with Crippen LogP contribution >= 0.6 is 0 Å². The first-order valence-corrected chi connectivity index (χ1v) is 6.65. The summed E-state index contributed by atoms with van der Waals surface area (Å²) in [6, 6.07) is 4.73. The third kappa shape index (κ3) is 3.35. The third-order valence-electron chi connectivity index (χ3n) is 3.14. The summed E-state index contributed by atoms with van der Waals surface area (Å²) in [5, 5.41) is 2.84. The summed E-state index contributed by atoms with van der Waals surface area (Å²) in [5.74, 6) is -0.654. The van der Waals surface area contributed by atoms with Gasteiger partial charge in [-0.15, -0.1) is 0 Å². The molecular weight excluding hydrogens is 259 g/mol. The largest absolute Gasteiger partial charge is 0.334 e. The number of urea groups is 1. The minimum Gasteiger partial charge on any atom is -0.334 e. The topological polar surface area (TPSA) is 49.4 Å².